The molecular weight excluding hydrogens is 304 g/mol. The van der Waals surface area contributed by atoms with Gasteiger partial charge in [-0.3, -0.25) is 9.59 Å². The zero-order valence-electron chi connectivity index (χ0n) is 15.0. The number of rotatable bonds is 6. The Balaban J connectivity index is 1.77. The van der Waals surface area contributed by atoms with E-state index in [2.05, 4.69) is 0 Å². The molecule has 1 aromatic rings. The van der Waals surface area contributed by atoms with Gasteiger partial charge in [0.1, 0.15) is 5.75 Å². The number of nitrogens with zero attached hydrogens (tertiary/aromatic N) is 2. The van der Waals surface area contributed by atoms with Crippen LogP contribution in [0.25, 0.3) is 0 Å². The maximum Gasteiger partial charge on any atom is 0.225 e. The lowest BCUT2D eigenvalue weighted by Crippen LogP contribution is -2.51. The molecule has 1 aromatic carbocycles. The molecule has 24 heavy (non-hydrogen) atoms. The normalized spacial score (nSPS) is 16.0. The van der Waals surface area contributed by atoms with Crippen molar-refractivity contribution in [2.45, 2.75) is 33.1 Å². The molecule has 0 bridgehead atoms. The molecule has 1 aliphatic rings. The van der Waals surface area contributed by atoms with Gasteiger partial charge in [0.05, 0.1) is 7.11 Å². The Morgan fingerprint density at radius 3 is 2.21 bits per heavy atom. The highest BCUT2D eigenvalue weighted by Gasteiger charge is 2.25. The Morgan fingerprint density at radius 1 is 1.08 bits per heavy atom. The van der Waals surface area contributed by atoms with Crippen LogP contribution in [0.5, 0.6) is 5.75 Å². The summed E-state index contributed by atoms with van der Waals surface area (Å²) in [5.41, 5.74) is 1.13. The van der Waals surface area contributed by atoms with Crippen LogP contribution in [0.1, 0.15) is 32.3 Å². The fourth-order valence-corrected chi connectivity index (χ4v) is 2.86. The van der Waals surface area contributed by atoms with E-state index in [0.29, 0.717) is 32.6 Å². The van der Waals surface area contributed by atoms with E-state index in [1.807, 2.05) is 47.9 Å². The molecule has 1 fully saturated rings. The second kappa shape index (κ2) is 8.71. The zero-order valence-corrected chi connectivity index (χ0v) is 15.0. The number of piperazine rings is 1. The molecule has 132 valence electrons. The standard InChI is InChI=1S/C19H28N2O3/c1-4-15(2)19(23)21-13-11-20(12-14-21)18(22)10-7-16-5-8-17(24-3)9-6-16/h5-6,8-9,15H,4,7,10-14H2,1-3H3/t15-/m0/s1. The quantitative estimate of drug-likeness (QED) is 0.803. The molecule has 5 nitrogen and oxygen atoms in total. The molecular formula is C19H28N2O3. The highest BCUT2D eigenvalue weighted by atomic mass is 16.5. The minimum Gasteiger partial charge on any atom is -0.497 e. The highest BCUT2D eigenvalue weighted by molar-refractivity contribution is 5.80. The smallest absolute Gasteiger partial charge is 0.225 e. The lowest BCUT2D eigenvalue weighted by Gasteiger charge is -2.36. The Morgan fingerprint density at radius 2 is 1.67 bits per heavy atom. The topological polar surface area (TPSA) is 49.9 Å². The summed E-state index contributed by atoms with van der Waals surface area (Å²) in [7, 11) is 1.64. The van der Waals surface area contributed by atoms with Crippen molar-refractivity contribution in [1.29, 1.82) is 0 Å². The van der Waals surface area contributed by atoms with Gasteiger partial charge in [-0.25, -0.2) is 0 Å². The lowest BCUT2D eigenvalue weighted by atomic mass is 10.1. The molecule has 5 heteroatoms. The minimum atomic E-state index is 0.0716. The molecule has 1 atom stereocenters. The Hall–Kier alpha value is -2.04. The van der Waals surface area contributed by atoms with Gasteiger partial charge in [0.15, 0.2) is 0 Å². The Labute approximate surface area is 144 Å². The number of hydrogen-bond acceptors (Lipinski definition) is 3. The summed E-state index contributed by atoms with van der Waals surface area (Å²) in [5.74, 6) is 1.28. The average molecular weight is 332 g/mol. The fourth-order valence-electron chi connectivity index (χ4n) is 2.86. The summed E-state index contributed by atoms with van der Waals surface area (Å²) in [6, 6.07) is 7.82. The Kier molecular flexibility index (Phi) is 6.64. The van der Waals surface area contributed by atoms with Crippen molar-refractivity contribution >= 4 is 11.8 Å². The lowest BCUT2D eigenvalue weighted by molar-refractivity contribution is -0.141. The van der Waals surface area contributed by atoms with Crippen molar-refractivity contribution in [3.8, 4) is 5.75 Å². The maximum atomic E-state index is 12.4. The predicted molar refractivity (Wildman–Crippen MR) is 93.9 cm³/mol. The number of aryl methyl sites for hydroxylation is 1. The zero-order chi connectivity index (χ0) is 17.5. The SMILES string of the molecule is CC[C@H](C)C(=O)N1CCN(C(=O)CCc2ccc(OC)cc2)CC1. The first-order valence-electron chi connectivity index (χ1n) is 8.74. The molecule has 0 N–H and O–H groups in total. The van der Waals surface area contributed by atoms with Gasteiger partial charge in [-0.15, -0.1) is 0 Å². The van der Waals surface area contributed by atoms with Gasteiger partial charge in [-0.2, -0.15) is 0 Å². The van der Waals surface area contributed by atoms with Crippen LogP contribution in [-0.4, -0.2) is 54.9 Å². The number of ether oxygens (including phenoxy) is 1. The molecule has 0 radical (unpaired) electrons. The summed E-state index contributed by atoms with van der Waals surface area (Å²) in [6.45, 7) is 6.58. The summed E-state index contributed by atoms with van der Waals surface area (Å²) in [5, 5.41) is 0. The van der Waals surface area contributed by atoms with Gasteiger partial charge in [-0.1, -0.05) is 26.0 Å². The molecule has 1 saturated heterocycles. The second-order valence-electron chi connectivity index (χ2n) is 6.36. The molecule has 2 rings (SSSR count). The summed E-state index contributed by atoms with van der Waals surface area (Å²) in [6.07, 6.45) is 2.10. The van der Waals surface area contributed by atoms with Gasteiger partial charge < -0.3 is 14.5 Å². The van der Waals surface area contributed by atoms with Gasteiger partial charge in [-0.05, 0) is 30.5 Å². The molecule has 1 aliphatic heterocycles. The molecule has 0 spiro atoms. The minimum absolute atomic E-state index is 0.0716. The van der Waals surface area contributed by atoms with Crippen LogP contribution in [-0.2, 0) is 16.0 Å². The van der Waals surface area contributed by atoms with Crippen molar-refractivity contribution in [2.75, 3.05) is 33.3 Å². The van der Waals surface area contributed by atoms with E-state index in [1.54, 1.807) is 7.11 Å². The van der Waals surface area contributed by atoms with Crippen LogP contribution in [0.2, 0.25) is 0 Å². The largest absolute Gasteiger partial charge is 0.497 e. The highest BCUT2D eigenvalue weighted by Crippen LogP contribution is 2.14. The van der Waals surface area contributed by atoms with E-state index in [-0.39, 0.29) is 17.7 Å². The van der Waals surface area contributed by atoms with Gasteiger partial charge in [0.25, 0.3) is 0 Å². The first kappa shape index (κ1) is 18.3. The third-order valence-electron chi connectivity index (χ3n) is 4.76. The van der Waals surface area contributed by atoms with Crippen molar-refractivity contribution in [3.63, 3.8) is 0 Å². The van der Waals surface area contributed by atoms with E-state index in [0.717, 1.165) is 24.2 Å². The molecule has 1 heterocycles. The number of methoxy groups -OCH3 is 1. The van der Waals surface area contributed by atoms with Crippen LogP contribution in [0.4, 0.5) is 0 Å². The molecule has 0 saturated carbocycles. The van der Waals surface area contributed by atoms with Crippen LogP contribution in [0, 0.1) is 5.92 Å². The summed E-state index contributed by atoms with van der Waals surface area (Å²) in [4.78, 5) is 28.3. The predicted octanol–water partition coefficient (Wildman–Crippen LogP) is 2.34. The third kappa shape index (κ3) is 4.73. The van der Waals surface area contributed by atoms with Crippen molar-refractivity contribution in [3.05, 3.63) is 29.8 Å². The van der Waals surface area contributed by atoms with Crippen molar-refractivity contribution in [1.82, 2.24) is 9.80 Å². The van der Waals surface area contributed by atoms with Crippen LogP contribution in [0.3, 0.4) is 0 Å². The first-order chi connectivity index (χ1) is 11.5. The first-order valence-corrected chi connectivity index (χ1v) is 8.74. The molecule has 0 aliphatic carbocycles. The van der Waals surface area contributed by atoms with E-state index in [9.17, 15) is 9.59 Å². The average Bonchev–Trinajstić information content (AvgIpc) is 2.65. The molecule has 0 aromatic heterocycles. The molecule has 2 amide bonds. The Bertz CT molecular complexity index is 548. The number of amides is 2. The van der Waals surface area contributed by atoms with Gasteiger partial charge >= 0.3 is 0 Å². The number of carbonyl (C=O) groups excluding carboxylic acids is 2. The van der Waals surface area contributed by atoms with Gasteiger partial charge in [0.2, 0.25) is 11.8 Å². The summed E-state index contributed by atoms with van der Waals surface area (Å²) < 4.78 is 5.14. The van der Waals surface area contributed by atoms with Crippen molar-refractivity contribution < 1.29 is 14.3 Å². The summed E-state index contributed by atoms with van der Waals surface area (Å²) >= 11 is 0. The number of hydrogen-bond donors (Lipinski definition) is 0. The fraction of sp³-hybridized carbons (Fsp3) is 0.579. The van der Waals surface area contributed by atoms with Crippen LogP contribution < -0.4 is 4.74 Å². The van der Waals surface area contributed by atoms with Crippen molar-refractivity contribution in [2.24, 2.45) is 5.92 Å². The molecule has 0 unspecified atom stereocenters. The van der Waals surface area contributed by atoms with Gasteiger partial charge in [0, 0.05) is 38.5 Å². The van der Waals surface area contributed by atoms with E-state index in [4.69, 9.17) is 4.74 Å². The third-order valence-corrected chi connectivity index (χ3v) is 4.76. The van der Waals surface area contributed by atoms with Crippen LogP contribution >= 0.6 is 0 Å². The maximum absolute atomic E-state index is 12.4. The van der Waals surface area contributed by atoms with E-state index >= 15 is 0 Å². The van der Waals surface area contributed by atoms with E-state index < -0.39 is 0 Å². The second-order valence-corrected chi connectivity index (χ2v) is 6.36. The number of carbonyl (C=O) groups is 2. The van der Waals surface area contributed by atoms with Crippen LogP contribution in [0.15, 0.2) is 24.3 Å². The number of benzene rings is 1. The monoisotopic (exact) mass is 332 g/mol. The van der Waals surface area contributed by atoms with E-state index in [1.165, 1.54) is 0 Å².